The Kier molecular flexibility index (Phi) is 8.82. The summed E-state index contributed by atoms with van der Waals surface area (Å²) in [7, 11) is 4.58. The van der Waals surface area contributed by atoms with E-state index >= 15 is 0 Å². The second-order valence-corrected chi connectivity index (χ2v) is 7.91. The highest BCUT2D eigenvalue weighted by molar-refractivity contribution is 6.31. The fourth-order valence-corrected chi connectivity index (χ4v) is 3.91. The van der Waals surface area contributed by atoms with Crippen LogP contribution in [0.3, 0.4) is 0 Å². The molecule has 0 spiro atoms. The summed E-state index contributed by atoms with van der Waals surface area (Å²) in [5.41, 5.74) is 2.38. The van der Waals surface area contributed by atoms with E-state index < -0.39 is 6.04 Å². The highest BCUT2D eigenvalue weighted by Crippen LogP contribution is 2.36. The van der Waals surface area contributed by atoms with Crippen LogP contribution in [0.4, 0.5) is 0 Å². The third kappa shape index (κ3) is 6.10. The van der Waals surface area contributed by atoms with Crippen LogP contribution in [0, 0.1) is 0 Å². The number of carbonyl (C=O) groups excluding carboxylic acids is 2. The van der Waals surface area contributed by atoms with Crippen LogP contribution in [0.2, 0.25) is 5.02 Å². The molecule has 0 bridgehead atoms. The number of halogens is 1. The molecule has 2 amide bonds. The first-order chi connectivity index (χ1) is 16.0. The number of nitrogens with zero attached hydrogens (tertiary/aromatic N) is 3. The number of benzene rings is 2. The van der Waals surface area contributed by atoms with Gasteiger partial charge in [-0.1, -0.05) is 41.9 Å². The number of hydrazone groups is 1. The van der Waals surface area contributed by atoms with E-state index in [2.05, 4.69) is 5.10 Å². The van der Waals surface area contributed by atoms with E-state index in [1.54, 1.807) is 20.3 Å². The van der Waals surface area contributed by atoms with Crippen LogP contribution < -0.4 is 4.74 Å². The molecule has 33 heavy (non-hydrogen) atoms. The third-order valence-electron chi connectivity index (χ3n) is 5.35. The van der Waals surface area contributed by atoms with Gasteiger partial charge in [0.1, 0.15) is 18.9 Å². The minimum atomic E-state index is -0.394. The van der Waals surface area contributed by atoms with Gasteiger partial charge in [-0.25, -0.2) is 5.01 Å². The third-order valence-corrected chi connectivity index (χ3v) is 5.69. The van der Waals surface area contributed by atoms with Crippen LogP contribution in [0.5, 0.6) is 5.75 Å². The summed E-state index contributed by atoms with van der Waals surface area (Å²) in [6.45, 7) is 0.293. The Morgan fingerprint density at radius 3 is 2.61 bits per heavy atom. The number of ether oxygens (including phenoxy) is 3. The largest absolute Gasteiger partial charge is 0.497 e. The molecule has 0 saturated carbocycles. The Labute approximate surface area is 198 Å². The highest BCUT2D eigenvalue weighted by atomic mass is 35.5. The summed E-state index contributed by atoms with van der Waals surface area (Å²) in [5.74, 6) is 0.0805. The Balaban J connectivity index is 1.92. The lowest BCUT2D eigenvalue weighted by Crippen LogP contribution is -2.44. The van der Waals surface area contributed by atoms with Gasteiger partial charge in [0.25, 0.3) is 5.91 Å². The van der Waals surface area contributed by atoms with E-state index in [0.717, 1.165) is 16.8 Å². The van der Waals surface area contributed by atoms with Crippen molar-refractivity contribution in [3.63, 3.8) is 0 Å². The molecule has 0 unspecified atom stereocenters. The monoisotopic (exact) mass is 473 g/mol. The zero-order valence-corrected chi connectivity index (χ0v) is 19.7. The second kappa shape index (κ2) is 11.8. The zero-order valence-electron chi connectivity index (χ0n) is 19.0. The maximum Gasteiger partial charge on any atom is 0.262 e. The second-order valence-electron chi connectivity index (χ2n) is 7.50. The molecule has 9 heteroatoms. The average Bonchev–Trinajstić information content (AvgIpc) is 3.27. The van der Waals surface area contributed by atoms with Gasteiger partial charge in [0.15, 0.2) is 0 Å². The fourth-order valence-electron chi connectivity index (χ4n) is 3.65. The molecule has 0 aromatic heterocycles. The summed E-state index contributed by atoms with van der Waals surface area (Å²) in [6, 6.07) is 14.5. The van der Waals surface area contributed by atoms with Gasteiger partial charge in [0, 0.05) is 37.8 Å². The van der Waals surface area contributed by atoms with Gasteiger partial charge in [0.05, 0.1) is 25.5 Å². The van der Waals surface area contributed by atoms with Crippen molar-refractivity contribution in [2.45, 2.75) is 12.5 Å². The minimum absolute atomic E-state index is 0.122. The minimum Gasteiger partial charge on any atom is -0.497 e. The normalized spacial score (nSPS) is 15.3. The molecule has 2 aromatic rings. The van der Waals surface area contributed by atoms with Crippen molar-refractivity contribution in [2.24, 2.45) is 5.10 Å². The van der Waals surface area contributed by atoms with Gasteiger partial charge in [-0.2, -0.15) is 5.10 Å². The molecule has 2 aromatic carbocycles. The molecule has 0 radical (unpaired) electrons. The SMILES string of the molecule is COCCN(CC(=O)N1N=C(c2cccc(OC)c2)C[C@@H]1c1ccccc1Cl)C(=O)COC. The lowest BCUT2D eigenvalue weighted by atomic mass is 9.98. The summed E-state index contributed by atoms with van der Waals surface area (Å²) >= 11 is 6.48. The molecule has 0 aliphatic carbocycles. The van der Waals surface area contributed by atoms with Gasteiger partial charge in [-0.15, -0.1) is 0 Å². The van der Waals surface area contributed by atoms with Crippen molar-refractivity contribution in [1.82, 2.24) is 9.91 Å². The zero-order chi connectivity index (χ0) is 23.8. The molecule has 0 fully saturated rings. The number of amides is 2. The number of hydrogen-bond acceptors (Lipinski definition) is 6. The first-order valence-corrected chi connectivity index (χ1v) is 10.9. The summed E-state index contributed by atoms with van der Waals surface area (Å²) in [6.07, 6.45) is 0.479. The summed E-state index contributed by atoms with van der Waals surface area (Å²) in [5, 5.41) is 6.63. The predicted molar refractivity (Wildman–Crippen MR) is 126 cm³/mol. The molecule has 0 N–H and O–H groups in total. The maximum absolute atomic E-state index is 13.4. The van der Waals surface area contributed by atoms with E-state index in [0.29, 0.717) is 23.8 Å². The Morgan fingerprint density at radius 1 is 1.12 bits per heavy atom. The predicted octanol–water partition coefficient (Wildman–Crippen LogP) is 3.15. The molecule has 3 rings (SSSR count). The molecule has 1 aliphatic heterocycles. The van der Waals surface area contributed by atoms with Crippen molar-refractivity contribution in [3.8, 4) is 5.75 Å². The number of hydrogen-bond donors (Lipinski definition) is 0. The number of methoxy groups -OCH3 is 3. The van der Waals surface area contributed by atoms with Crippen LogP contribution in [0.25, 0.3) is 0 Å². The Hall–Kier alpha value is -2.94. The van der Waals surface area contributed by atoms with Crippen molar-refractivity contribution < 1.29 is 23.8 Å². The lowest BCUT2D eigenvalue weighted by molar-refractivity contribution is -0.144. The van der Waals surface area contributed by atoms with E-state index in [-0.39, 0.29) is 31.5 Å². The summed E-state index contributed by atoms with van der Waals surface area (Å²) < 4.78 is 15.4. The Bertz CT molecular complexity index is 1010. The first-order valence-electron chi connectivity index (χ1n) is 10.5. The molecule has 176 valence electrons. The quantitative estimate of drug-likeness (QED) is 0.529. The Morgan fingerprint density at radius 2 is 1.91 bits per heavy atom. The molecule has 1 aliphatic rings. The highest BCUT2D eigenvalue weighted by Gasteiger charge is 2.35. The van der Waals surface area contributed by atoms with Crippen LogP contribution >= 0.6 is 11.6 Å². The van der Waals surface area contributed by atoms with Crippen LogP contribution in [0.1, 0.15) is 23.6 Å². The smallest absolute Gasteiger partial charge is 0.262 e. The fraction of sp³-hybridized carbons (Fsp3) is 0.375. The van der Waals surface area contributed by atoms with Gasteiger partial charge >= 0.3 is 0 Å². The van der Waals surface area contributed by atoms with Gasteiger partial charge in [0.2, 0.25) is 5.91 Å². The molecule has 0 saturated heterocycles. The van der Waals surface area contributed by atoms with E-state index in [9.17, 15) is 9.59 Å². The lowest BCUT2D eigenvalue weighted by Gasteiger charge is -2.27. The van der Waals surface area contributed by atoms with Crippen molar-refractivity contribution in [3.05, 3.63) is 64.7 Å². The molecular weight excluding hydrogens is 446 g/mol. The standard InChI is InChI=1S/C24H28ClN3O5/c1-31-12-11-27(24(30)16-32-2)15-23(29)28-22(19-9-4-5-10-20(19)25)14-21(26-28)17-7-6-8-18(13-17)33-3/h4-10,13,22H,11-12,14-16H2,1-3H3/t22-/m1/s1. The maximum atomic E-state index is 13.4. The first kappa shape index (κ1) is 24.7. The molecule has 1 heterocycles. The van der Waals surface area contributed by atoms with Crippen LogP contribution in [-0.4, -0.2) is 75.1 Å². The number of rotatable bonds is 10. The molecule has 8 nitrogen and oxygen atoms in total. The van der Waals surface area contributed by atoms with Crippen LogP contribution in [0.15, 0.2) is 53.6 Å². The van der Waals surface area contributed by atoms with E-state index in [4.69, 9.17) is 25.8 Å². The molecular formula is C24H28ClN3O5. The van der Waals surface area contributed by atoms with E-state index in [1.807, 2.05) is 42.5 Å². The summed E-state index contributed by atoms with van der Waals surface area (Å²) in [4.78, 5) is 27.3. The van der Waals surface area contributed by atoms with Crippen molar-refractivity contribution in [1.29, 1.82) is 0 Å². The average molecular weight is 474 g/mol. The number of carbonyl (C=O) groups is 2. The van der Waals surface area contributed by atoms with Crippen LogP contribution in [-0.2, 0) is 19.1 Å². The van der Waals surface area contributed by atoms with Gasteiger partial charge in [-0.05, 0) is 23.8 Å². The van der Waals surface area contributed by atoms with Gasteiger partial charge in [-0.3, -0.25) is 9.59 Å². The van der Waals surface area contributed by atoms with Crippen molar-refractivity contribution in [2.75, 3.05) is 47.6 Å². The molecule has 1 atom stereocenters. The van der Waals surface area contributed by atoms with E-state index in [1.165, 1.54) is 17.0 Å². The topological polar surface area (TPSA) is 80.7 Å². The van der Waals surface area contributed by atoms with Gasteiger partial charge < -0.3 is 19.1 Å². The van der Waals surface area contributed by atoms with Crippen molar-refractivity contribution >= 4 is 29.1 Å².